The highest BCUT2D eigenvalue weighted by Gasteiger charge is 2.24. The molecule has 2 N–H and O–H groups in total. The first-order valence-corrected chi connectivity index (χ1v) is 10.5. The van der Waals surface area contributed by atoms with Crippen molar-refractivity contribution in [1.82, 2.24) is 10.2 Å². The van der Waals surface area contributed by atoms with Crippen LogP contribution in [0.5, 0.6) is 0 Å². The first kappa shape index (κ1) is 19.6. The predicted molar refractivity (Wildman–Crippen MR) is 110 cm³/mol. The lowest BCUT2D eigenvalue weighted by molar-refractivity contribution is -0.136. The summed E-state index contributed by atoms with van der Waals surface area (Å²) in [5, 5.41) is 9.73. The van der Waals surface area contributed by atoms with Crippen LogP contribution in [0.15, 0.2) is 41.1 Å². The number of hydrogen-bond donors (Lipinski definition) is 2. The van der Waals surface area contributed by atoms with Gasteiger partial charge in [0.05, 0.1) is 6.04 Å². The Morgan fingerprint density at radius 3 is 2.48 bits per heavy atom. The summed E-state index contributed by atoms with van der Waals surface area (Å²) >= 11 is 1.66. The average molecular weight is 386 g/mol. The molecule has 0 bridgehead atoms. The van der Waals surface area contributed by atoms with Crippen LogP contribution < -0.4 is 10.6 Å². The second kappa shape index (κ2) is 9.67. The highest BCUT2D eigenvalue weighted by Crippen LogP contribution is 2.25. The number of anilines is 1. The van der Waals surface area contributed by atoms with Gasteiger partial charge in [-0.3, -0.25) is 14.5 Å². The Balaban J connectivity index is 1.61. The summed E-state index contributed by atoms with van der Waals surface area (Å²) in [6.45, 7) is 4.41. The summed E-state index contributed by atoms with van der Waals surface area (Å²) in [6.07, 6.45) is 4.89. The number of likely N-dealkylation sites (tertiary alicyclic amines) is 1. The van der Waals surface area contributed by atoms with Crippen molar-refractivity contribution in [2.45, 2.75) is 38.6 Å². The standard InChI is InChI=1S/C21H27N3O2S/c1-16-8-4-5-9-18(16)23-21(26)20(25)22-14-19(17-10-13-27-15-17)24-11-6-2-3-7-12-24/h4-5,8-10,13,15,19H,2-3,6-7,11-12,14H2,1H3,(H,22,25)(H,23,26). The summed E-state index contributed by atoms with van der Waals surface area (Å²) in [7, 11) is 0. The van der Waals surface area contributed by atoms with E-state index < -0.39 is 11.8 Å². The number of benzene rings is 1. The lowest BCUT2D eigenvalue weighted by atomic mass is 10.1. The van der Waals surface area contributed by atoms with E-state index in [1.807, 2.05) is 25.1 Å². The minimum atomic E-state index is -0.621. The van der Waals surface area contributed by atoms with Gasteiger partial charge in [0.25, 0.3) is 0 Å². The van der Waals surface area contributed by atoms with Crippen LogP contribution in [0.4, 0.5) is 5.69 Å². The lowest BCUT2D eigenvalue weighted by Crippen LogP contribution is -2.42. The normalized spacial score (nSPS) is 16.3. The minimum absolute atomic E-state index is 0.115. The number of thiophene rings is 1. The Morgan fingerprint density at radius 1 is 1.07 bits per heavy atom. The molecule has 1 atom stereocenters. The average Bonchev–Trinajstić information content (AvgIpc) is 3.06. The van der Waals surface area contributed by atoms with Crippen molar-refractivity contribution >= 4 is 28.8 Å². The van der Waals surface area contributed by atoms with E-state index in [1.54, 1.807) is 17.4 Å². The molecule has 1 saturated heterocycles. The minimum Gasteiger partial charge on any atom is -0.346 e. The van der Waals surface area contributed by atoms with Crippen LogP contribution in [0, 0.1) is 6.92 Å². The third-order valence-electron chi connectivity index (χ3n) is 5.06. The molecule has 0 saturated carbocycles. The maximum Gasteiger partial charge on any atom is 0.313 e. The van der Waals surface area contributed by atoms with Crippen LogP contribution >= 0.6 is 11.3 Å². The molecule has 1 aliphatic heterocycles. The summed E-state index contributed by atoms with van der Waals surface area (Å²) in [4.78, 5) is 27.0. The van der Waals surface area contributed by atoms with Crippen LogP contribution in [0.25, 0.3) is 0 Å². The SMILES string of the molecule is Cc1ccccc1NC(=O)C(=O)NCC(c1ccsc1)N1CCCCCC1. The molecule has 3 rings (SSSR count). The highest BCUT2D eigenvalue weighted by atomic mass is 32.1. The molecule has 0 aliphatic carbocycles. The van der Waals surface area contributed by atoms with Crippen molar-refractivity contribution in [2.75, 3.05) is 25.0 Å². The van der Waals surface area contributed by atoms with Gasteiger partial charge < -0.3 is 10.6 Å². The lowest BCUT2D eigenvalue weighted by Gasteiger charge is -2.30. The number of nitrogens with zero attached hydrogens (tertiary/aromatic N) is 1. The van der Waals surface area contributed by atoms with Gasteiger partial charge in [-0.1, -0.05) is 31.0 Å². The molecule has 6 heteroatoms. The monoisotopic (exact) mass is 385 g/mol. The third-order valence-corrected chi connectivity index (χ3v) is 5.77. The second-order valence-electron chi connectivity index (χ2n) is 7.00. The fraction of sp³-hybridized carbons (Fsp3) is 0.429. The number of nitrogens with one attached hydrogen (secondary N) is 2. The van der Waals surface area contributed by atoms with Gasteiger partial charge in [-0.25, -0.2) is 0 Å². The Kier molecular flexibility index (Phi) is 7.01. The zero-order valence-corrected chi connectivity index (χ0v) is 16.6. The Bertz CT molecular complexity index is 753. The second-order valence-corrected chi connectivity index (χ2v) is 7.78. The van der Waals surface area contributed by atoms with Gasteiger partial charge in [0, 0.05) is 12.2 Å². The van der Waals surface area contributed by atoms with Gasteiger partial charge >= 0.3 is 11.8 Å². The van der Waals surface area contributed by atoms with Crippen molar-refractivity contribution in [3.63, 3.8) is 0 Å². The molecule has 144 valence electrons. The van der Waals surface area contributed by atoms with Crippen molar-refractivity contribution in [2.24, 2.45) is 0 Å². The summed E-state index contributed by atoms with van der Waals surface area (Å²) in [5.41, 5.74) is 2.81. The fourth-order valence-corrected chi connectivity index (χ4v) is 4.20. The number of rotatable bonds is 5. The molecular formula is C21H27N3O2S. The molecule has 1 fully saturated rings. The van der Waals surface area contributed by atoms with E-state index in [1.165, 1.54) is 31.2 Å². The number of hydrogen-bond acceptors (Lipinski definition) is 4. The van der Waals surface area contributed by atoms with Gasteiger partial charge in [-0.15, -0.1) is 0 Å². The first-order chi connectivity index (χ1) is 13.1. The number of para-hydroxylation sites is 1. The van der Waals surface area contributed by atoms with Gasteiger partial charge in [0.2, 0.25) is 0 Å². The topological polar surface area (TPSA) is 61.4 Å². The smallest absolute Gasteiger partial charge is 0.313 e. The molecule has 0 radical (unpaired) electrons. The maximum atomic E-state index is 12.3. The summed E-state index contributed by atoms with van der Waals surface area (Å²) in [6, 6.07) is 9.67. The zero-order chi connectivity index (χ0) is 19.1. The Morgan fingerprint density at radius 2 is 1.81 bits per heavy atom. The fourth-order valence-electron chi connectivity index (χ4n) is 3.49. The number of carbonyl (C=O) groups excluding carboxylic acids is 2. The van der Waals surface area contributed by atoms with Crippen LogP contribution in [-0.4, -0.2) is 36.3 Å². The molecule has 1 aliphatic rings. The third kappa shape index (κ3) is 5.40. The molecule has 1 aromatic carbocycles. The Hall–Kier alpha value is -2.18. The van der Waals surface area contributed by atoms with Gasteiger partial charge in [-0.2, -0.15) is 11.3 Å². The van der Waals surface area contributed by atoms with E-state index in [-0.39, 0.29) is 6.04 Å². The molecule has 1 unspecified atom stereocenters. The zero-order valence-electron chi connectivity index (χ0n) is 15.7. The van der Waals surface area contributed by atoms with Crippen molar-refractivity contribution in [1.29, 1.82) is 0 Å². The van der Waals surface area contributed by atoms with Crippen molar-refractivity contribution < 1.29 is 9.59 Å². The summed E-state index contributed by atoms with van der Waals surface area (Å²) < 4.78 is 0. The molecule has 2 aromatic rings. The molecule has 2 heterocycles. The summed E-state index contributed by atoms with van der Waals surface area (Å²) in [5.74, 6) is -1.21. The number of amides is 2. The molecule has 0 spiro atoms. The number of carbonyl (C=O) groups is 2. The van der Waals surface area contributed by atoms with E-state index in [0.717, 1.165) is 18.7 Å². The maximum absolute atomic E-state index is 12.3. The van der Waals surface area contributed by atoms with E-state index in [9.17, 15) is 9.59 Å². The van der Waals surface area contributed by atoms with E-state index >= 15 is 0 Å². The van der Waals surface area contributed by atoms with E-state index in [0.29, 0.717) is 12.2 Å². The predicted octanol–water partition coefficient (Wildman–Crippen LogP) is 3.73. The van der Waals surface area contributed by atoms with Crippen LogP contribution in [0.1, 0.15) is 42.9 Å². The van der Waals surface area contributed by atoms with Gasteiger partial charge in [0.15, 0.2) is 0 Å². The Labute approximate surface area is 164 Å². The molecular weight excluding hydrogens is 358 g/mol. The largest absolute Gasteiger partial charge is 0.346 e. The first-order valence-electron chi connectivity index (χ1n) is 9.56. The number of aryl methyl sites for hydroxylation is 1. The van der Waals surface area contributed by atoms with Crippen LogP contribution in [0.3, 0.4) is 0 Å². The molecule has 2 amide bonds. The van der Waals surface area contributed by atoms with Gasteiger partial charge in [-0.05, 0) is 66.9 Å². The van der Waals surface area contributed by atoms with Crippen molar-refractivity contribution in [3.05, 3.63) is 52.2 Å². The van der Waals surface area contributed by atoms with Crippen LogP contribution in [0.2, 0.25) is 0 Å². The van der Waals surface area contributed by atoms with Crippen molar-refractivity contribution in [3.8, 4) is 0 Å². The highest BCUT2D eigenvalue weighted by molar-refractivity contribution is 7.08. The van der Waals surface area contributed by atoms with E-state index in [2.05, 4.69) is 32.4 Å². The van der Waals surface area contributed by atoms with Crippen LogP contribution in [-0.2, 0) is 9.59 Å². The quantitative estimate of drug-likeness (QED) is 0.771. The molecule has 27 heavy (non-hydrogen) atoms. The van der Waals surface area contributed by atoms with Gasteiger partial charge in [0.1, 0.15) is 0 Å². The molecule has 5 nitrogen and oxygen atoms in total. The molecule has 1 aromatic heterocycles. The van der Waals surface area contributed by atoms with E-state index in [4.69, 9.17) is 0 Å².